The van der Waals surface area contributed by atoms with E-state index in [1.165, 1.54) is 4.88 Å². The molecule has 1 atom stereocenters. The van der Waals surface area contributed by atoms with Crippen LogP contribution in [0.15, 0.2) is 28.8 Å². The fourth-order valence-electron chi connectivity index (χ4n) is 3.31. The molecule has 8 nitrogen and oxygen atoms in total. The maximum absolute atomic E-state index is 5.53. The maximum Gasteiger partial charge on any atom is 0.191 e. The number of morpholine rings is 1. The van der Waals surface area contributed by atoms with Gasteiger partial charge in [0.1, 0.15) is 12.2 Å². The van der Waals surface area contributed by atoms with Crippen molar-refractivity contribution in [2.24, 2.45) is 4.99 Å². The molecule has 29 heavy (non-hydrogen) atoms. The van der Waals surface area contributed by atoms with E-state index in [9.17, 15) is 0 Å². The summed E-state index contributed by atoms with van der Waals surface area (Å²) in [6, 6.07) is 4.62. The van der Waals surface area contributed by atoms with Crippen LogP contribution in [-0.2, 0) is 17.7 Å². The van der Waals surface area contributed by atoms with Crippen LogP contribution in [0.25, 0.3) is 0 Å². The molecule has 10 heteroatoms. The molecule has 2 aromatic heterocycles. The van der Waals surface area contributed by atoms with Gasteiger partial charge in [-0.05, 0) is 18.4 Å². The van der Waals surface area contributed by atoms with Crippen LogP contribution in [0.2, 0.25) is 0 Å². The number of rotatable bonds is 9. The summed E-state index contributed by atoms with van der Waals surface area (Å²) in [5.41, 5.74) is 0. The van der Waals surface area contributed by atoms with Crippen molar-refractivity contribution >= 4 is 41.3 Å². The van der Waals surface area contributed by atoms with Crippen molar-refractivity contribution < 1.29 is 4.74 Å². The topological polar surface area (TPSA) is 79.6 Å². The van der Waals surface area contributed by atoms with Crippen LogP contribution in [0.1, 0.15) is 30.6 Å². The normalized spacial score (nSPS) is 16.3. The van der Waals surface area contributed by atoms with E-state index in [-0.39, 0.29) is 24.0 Å². The van der Waals surface area contributed by atoms with E-state index in [0.717, 1.165) is 70.7 Å². The van der Waals surface area contributed by atoms with E-state index >= 15 is 0 Å². The molecule has 0 spiro atoms. The van der Waals surface area contributed by atoms with Crippen LogP contribution in [0.3, 0.4) is 0 Å². The molecule has 3 rings (SSSR count). The minimum Gasteiger partial charge on any atom is -0.379 e. The van der Waals surface area contributed by atoms with Crippen molar-refractivity contribution in [3.63, 3.8) is 0 Å². The molecule has 162 valence electrons. The highest BCUT2D eigenvalue weighted by Gasteiger charge is 2.23. The van der Waals surface area contributed by atoms with Crippen LogP contribution in [0.4, 0.5) is 0 Å². The van der Waals surface area contributed by atoms with Gasteiger partial charge >= 0.3 is 0 Å². The molecule has 0 aromatic carbocycles. The second-order valence-corrected chi connectivity index (χ2v) is 7.60. The van der Waals surface area contributed by atoms with E-state index in [0.29, 0.717) is 6.04 Å². The second kappa shape index (κ2) is 13.1. The number of thiophene rings is 1. The number of halogens is 1. The third-order valence-electron chi connectivity index (χ3n) is 4.78. The van der Waals surface area contributed by atoms with Crippen LogP contribution in [-0.4, -0.2) is 71.6 Å². The van der Waals surface area contributed by atoms with E-state index in [4.69, 9.17) is 9.73 Å². The summed E-state index contributed by atoms with van der Waals surface area (Å²) in [4.78, 5) is 8.72. The summed E-state index contributed by atoms with van der Waals surface area (Å²) < 4.78 is 7.61. The Morgan fingerprint density at radius 2 is 2.14 bits per heavy atom. The van der Waals surface area contributed by atoms with Crippen molar-refractivity contribution in [2.45, 2.75) is 32.9 Å². The Balaban J connectivity index is 0.00000300. The van der Waals surface area contributed by atoms with Gasteiger partial charge < -0.3 is 19.9 Å². The summed E-state index contributed by atoms with van der Waals surface area (Å²) in [7, 11) is 0. The molecule has 1 unspecified atom stereocenters. The minimum absolute atomic E-state index is 0. The highest BCUT2D eigenvalue weighted by Crippen LogP contribution is 2.26. The van der Waals surface area contributed by atoms with E-state index in [1.807, 2.05) is 0 Å². The number of hydrogen-bond acceptors (Lipinski definition) is 6. The molecule has 1 aliphatic heterocycles. The van der Waals surface area contributed by atoms with Gasteiger partial charge in [-0.2, -0.15) is 0 Å². The Bertz CT molecular complexity index is 716. The molecule has 1 aliphatic rings. The van der Waals surface area contributed by atoms with Crippen molar-refractivity contribution in [3.8, 4) is 0 Å². The smallest absolute Gasteiger partial charge is 0.191 e. The molecule has 0 aliphatic carbocycles. The lowest BCUT2D eigenvalue weighted by atomic mass is 10.2. The van der Waals surface area contributed by atoms with Crippen LogP contribution >= 0.6 is 35.3 Å². The number of hydrogen-bond donors (Lipinski definition) is 2. The van der Waals surface area contributed by atoms with E-state index in [1.54, 1.807) is 17.7 Å². The highest BCUT2D eigenvalue weighted by atomic mass is 127. The lowest BCUT2D eigenvalue weighted by molar-refractivity contribution is 0.0186. The number of nitrogens with zero attached hydrogens (tertiary/aromatic N) is 5. The average molecular weight is 533 g/mol. The quantitative estimate of drug-likeness (QED) is 0.292. The Labute approximate surface area is 194 Å². The Morgan fingerprint density at radius 3 is 2.83 bits per heavy atom. The van der Waals surface area contributed by atoms with Gasteiger partial charge in [0.2, 0.25) is 0 Å². The van der Waals surface area contributed by atoms with Gasteiger partial charge in [-0.1, -0.05) is 13.0 Å². The number of guanidine groups is 1. The van der Waals surface area contributed by atoms with Gasteiger partial charge in [-0.3, -0.25) is 9.89 Å². The third kappa shape index (κ3) is 7.19. The molecule has 2 aromatic rings. The molecule has 1 fully saturated rings. The summed E-state index contributed by atoms with van der Waals surface area (Å²) in [6.07, 6.45) is 2.67. The molecular formula is C19H32IN7OS. The first kappa shape index (κ1) is 24.0. The summed E-state index contributed by atoms with van der Waals surface area (Å²) >= 11 is 1.80. The summed E-state index contributed by atoms with van der Waals surface area (Å²) in [6.45, 7) is 10.8. The van der Waals surface area contributed by atoms with Crippen molar-refractivity contribution in [1.29, 1.82) is 0 Å². The first-order valence-electron chi connectivity index (χ1n) is 10.1. The minimum atomic E-state index is 0. The molecule has 0 radical (unpaired) electrons. The third-order valence-corrected chi connectivity index (χ3v) is 5.76. The number of aryl methyl sites for hydroxylation is 1. The highest BCUT2D eigenvalue weighted by molar-refractivity contribution is 14.0. The maximum atomic E-state index is 5.53. The molecule has 1 saturated heterocycles. The predicted molar refractivity (Wildman–Crippen MR) is 128 cm³/mol. The Morgan fingerprint density at radius 1 is 1.31 bits per heavy atom. The first-order valence-corrected chi connectivity index (χ1v) is 10.9. The molecule has 3 heterocycles. The van der Waals surface area contributed by atoms with Crippen molar-refractivity contribution in [3.05, 3.63) is 34.5 Å². The van der Waals surface area contributed by atoms with Gasteiger partial charge in [0.25, 0.3) is 0 Å². The molecule has 0 saturated carbocycles. The predicted octanol–water partition coefficient (Wildman–Crippen LogP) is 2.15. The number of aliphatic imine (C=N–C) groups is 1. The Hall–Kier alpha value is -1.24. The molecule has 0 amide bonds. The monoisotopic (exact) mass is 533 g/mol. The van der Waals surface area contributed by atoms with Crippen LogP contribution in [0, 0.1) is 0 Å². The number of aromatic nitrogens is 3. The van der Waals surface area contributed by atoms with Crippen molar-refractivity contribution in [2.75, 3.05) is 45.9 Å². The largest absolute Gasteiger partial charge is 0.379 e. The summed E-state index contributed by atoms with van der Waals surface area (Å²) in [5, 5.41) is 17.1. The van der Waals surface area contributed by atoms with Gasteiger partial charge in [0.15, 0.2) is 5.96 Å². The van der Waals surface area contributed by atoms with Crippen LogP contribution in [0.5, 0.6) is 0 Å². The van der Waals surface area contributed by atoms with E-state index in [2.05, 4.69) is 61.7 Å². The van der Waals surface area contributed by atoms with Gasteiger partial charge in [-0.25, -0.2) is 0 Å². The standard InChI is InChI=1S/C19H31N7OS.HI/c1-3-18-24-23-15-26(18)8-7-21-19(20-4-2)22-14-16(17-6-5-13-28-17)25-9-11-27-12-10-25;/h5-6,13,15-16H,3-4,7-12,14H2,1-2H3,(H2,20,21,22);1H. The zero-order valence-corrected chi connectivity index (χ0v) is 20.4. The number of ether oxygens (including phenoxy) is 1. The zero-order chi connectivity index (χ0) is 19.6. The zero-order valence-electron chi connectivity index (χ0n) is 17.2. The number of nitrogens with one attached hydrogen (secondary N) is 2. The molecule has 2 N–H and O–H groups in total. The fraction of sp³-hybridized carbons (Fsp3) is 0.632. The van der Waals surface area contributed by atoms with Crippen LogP contribution < -0.4 is 10.6 Å². The summed E-state index contributed by atoms with van der Waals surface area (Å²) in [5.74, 6) is 1.86. The molecule has 0 bridgehead atoms. The SMILES string of the molecule is CCNC(=NCC(c1cccs1)N1CCOCC1)NCCn1cnnc1CC.I. The fourth-order valence-corrected chi connectivity index (χ4v) is 4.16. The lowest BCUT2D eigenvalue weighted by Gasteiger charge is -2.33. The second-order valence-electron chi connectivity index (χ2n) is 6.62. The average Bonchev–Trinajstić information content (AvgIpc) is 3.41. The van der Waals surface area contributed by atoms with Gasteiger partial charge in [0.05, 0.1) is 25.8 Å². The van der Waals surface area contributed by atoms with E-state index < -0.39 is 0 Å². The van der Waals surface area contributed by atoms with Gasteiger partial charge in [-0.15, -0.1) is 45.5 Å². The first-order chi connectivity index (χ1) is 13.8. The van der Waals surface area contributed by atoms with Gasteiger partial charge in [0, 0.05) is 44.0 Å². The molecular weight excluding hydrogens is 501 g/mol. The lowest BCUT2D eigenvalue weighted by Crippen LogP contribution is -2.42. The van der Waals surface area contributed by atoms with Crippen molar-refractivity contribution in [1.82, 2.24) is 30.3 Å². The Kier molecular flexibility index (Phi) is 10.9.